The van der Waals surface area contributed by atoms with Crippen LogP contribution < -0.4 is 5.32 Å². The van der Waals surface area contributed by atoms with Crippen LogP contribution in [0.2, 0.25) is 5.02 Å². The van der Waals surface area contributed by atoms with E-state index in [0.717, 1.165) is 32.1 Å². The van der Waals surface area contributed by atoms with Crippen LogP contribution in [0.4, 0.5) is 0 Å². The van der Waals surface area contributed by atoms with Crippen LogP contribution in [0.1, 0.15) is 12.7 Å². The molecule has 1 atom stereocenters. The second-order valence-electron chi connectivity index (χ2n) is 4.28. The minimum absolute atomic E-state index is 0.399. The van der Waals surface area contributed by atoms with Gasteiger partial charge in [-0.2, -0.15) is 0 Å². The van der Waals surface area contributed by atoms with Gasteiger partial charge in [-0.05, 0) is 66.9 Å². The van der Waals surface area contributed by atoms with E-state index in [1.807, 2.05) is 37.4 Å². The molecule has 0 fully saturated rings. The molecule has 2 rings (SSSR count). The number of rotatable bonds is 4. The highest BCUT2D eigenvalue weighted by atomic mass is 127. The molecule has 1 aromatic heterocycles. The van der Waals surface area contributed by atoms with E-state index in [1.165, 1.54) is 0 Å². The van der Waals surface area contributed by atoms with Crippen LogP contribution in [0.25, 0.3) is 11.3 Å². The van der Waals surface area contributed by atoms with Crippen molar-refractivity contribution in [3.8, 4) is 11.3 Å². The van der Waals surface area contributed by atoms with Crippen LogP contribution in [0.5, 0.6) is 0 Å². The van der Waals surface area contributed by atoms with Crippen LogP contribution >= 0.6 is 34.2 Å². The average molecular weight is 376 g/mol. The molecule has 0 saturated heterocycles. The van der Waals surface area contributed by atoms with Crippen molar-refractivity contribution in [3.63, 3.8) is 0 Å². The lowest BCUT2D eigenvalue weighted by Gasteiger charge is -2.07. The van der Waals surface area contributed by atoms with Gasteiger partial charge in [-0.3, -0.25) is 0 Å². The van der Waals surface area contributed by atoms with Crippen molar-refractivity contribution in [2.75, 3.05) is 7.05 Å². The van der Waals surface area contributed by atoms with Crippen molar-refractivity contribution in [1.82, 2.24) is 5.32 Å². The number of hydrogen-bond donors (Lipinski definition) is 1. The van der Waals surface area contributed by atoms with Crippen molar-refractivity contribution in [2.45, 2.75) is 19.4 Å². The van der Waals surface area contributed by atoms with Crippen molar-refractivity contribution >= 4 is 34.2 Å². The highest BCUT2D eigenvalue weighted by molar-refractivity contribution is 14.1. The third-order valence-corrected chi connectivity index (χ3v) is 3.84. The standard InChI is InChI=1S/C14H15ClINO/c1-9(17-2)7-11-4-6-14(18-11)12-5-3-10(16)8-13(12)15/h3-6,8-9,17H,7H2,1-2H3. The van der Waals surface area contributed by atoms with Gasteiger partial charge in [-0.15, -0.1) is 0 Å². The lowest BCUT2D eigenvalue weighted by atomic mass is 10.2. The predicted molar refractivity (Wildman–Crippen MR) is 84.1 cm³/mol. The maximum Gasteiger partial charge on any atom is 0.135 e. The van der Waals surface area contributed by atoms with Gasteiger partial charge in [0.25, 0.3) is 0 Å². The van der Waals surface area contributed by atoms with E-state index in [-0.39, 0.29) is 0 Å². The van der Waals surface area contributed by atoms with Crippen LogP contribution in [-0.2, 0) is 6.42 Å². The first kappa shape index (κ1) is 13.9. The van der Waals surface area contributed by atoms with Crippen LogP contribution in [0.15, 0.2) is 34.7 Å². The van der Waals surface area contributed by atoms with Gasteiger partial charge in [0.05, 0.1) is 5.02 Å². The van der Waals surface area contributed by atoms with E-state index in [2.05, 4.69) is 34.8 Å². The van der Waals surface area contributed by atoms with E-state index in [9.17, 15) is 0 Å². The molecule has 0 amide bonds. The highest BCUT2D eigenvalue weighted by Gasteiger charge is 2.10. The number of benzene rings is 1. The Morgan fingerprint density at radius 2 is 2.11 bits per heavy atom. The van der Waals surface area contributed by atoms with Crippen molar-refractivity contribution in [1.29, 1.82) is 0 Å². The van der Waals surface area contributed by atoms with Gasteiger partial charge in [-0.1, -0.05) is 11.6 Å². The fourth-order valence-corrected chi connectivity index (χ4v) is 2.67. The maximum atomic E-state index is 6.23. The number of hydrogen-bond acceptors (Lipinski definition) is 2. The Labute approximate surface area is 126 Å². The quantitative estimate of drug-likeness (QED) is 0.804. The summed E-state index contributed by atoms with van der Waals surface area (Å²) in [6.45, 7) is 2.13. The lowest BCUT2D eigenvalue weighted by molar-refractivity contribution is 0.481. The van der Waals surface area contributed by atoms with Crippen LogP contribution in [0.3, 0.4) is 0 Å². The zero-order valence-corrected chi connectivity index (χ0v) is 13.2. The molecule has 0 aliphatic carbocycles. The zero-order chi connectivity index (χ0) is 13.1. The molecule has 1 aromatic carbocycles. The van der Waals surface area contributed by atoms with Crippen LogP contribution in [0, 0.1) is 3.57 Å². The Kier molecular flexibility index (Phi) is 4.70. The van der Waals surface area contributed by atoms with Crippen LogP contribution in [-0.4, -0.2) is 13.1 Å². The molecule has 1 unspecified atom stereocenters. The molecule has 0 spiro atoms. The average Bonchev–Trinajstić information content (AvgIpc) is 2.77. The first-order chi connectivity index (χ1) is 8.60. The first-order valence-corrected chi connectivity index (χ1v) is 7.27. The third kappa shape index (κ3) is 3.28. The molecule has 0 aliphatic heterocycles. The minimum Gasteiger partial charge on any atom is -0.461 e. The molecule has 0 bridgehead atoms. The zero-order valence-electron chi connectivity index (χ0n) is 10.3. The molecule has 2 aromatic rings. The summed E-state index contributed by atoms with van der Waals surface area (Å²) in [5, 5.41) is 3.92. The molecular weight excluding hydrogens is 361 g/mol. The molecule has 0 radical (unpaired) electrons. The monoisotopic (exact) mass is 375 g/mol. The summed E-state index contributed by atoms with van der Waals surface area (Å²) in [6.07, 6.45) is 0.873. The normalized spacial score (nSPS) is 12.7. The van der Waals surface area contributed by atoms with Gasteiger partial charge in [0.1, 0.15) is 11.5 Å². The second kappa shape index (κ2) is 6.08. The largest absolute Gasteiger partial charge is 0.461 e. The van der Waals surface area contributed by atoms with Crippen molar-refractivity contribution in [3.05, 3.63) is 44.7 Å². The van der Waals surface area contributed by atoms with E-state index in [0.29, 0.717) is 6.04 Å². The first-order valence-electron chi connectivity index (χ1n) is 5.81. The van der Waals surface area contributed by atoms with Gasteiger partial charge < -0.3 is 9.73 Å². The Morgan fingerprint density at radius 1 is 1.33 bits per heavy atom. The smallest absolute Gasteiger partial charge is 0.135 e. The fourth-order valence-electron chi connectivity index (χ4n) is 1.73. The molecule has 18 heavy (non-hydrogen) atoms. The third-order valence-electron chi connectivity index (χ3n) is 2.86. The summed E-state index contributed by atoms with van der Waals surface area (Å²) in [6, 6.07) is 10.4. The molecule has 96 valence electrons. The van der Waals surface area contributed by atoms with Gasteiger partial charge >= 0.3 is 0 Å². The molecule has 0 aliphatic rings. The highest BCUT2D eigenvalue weighted by Crippen LogP contribution is 2.30. The van der Waals surface area contributed by atoms with Gasteiger partial charge in [0.2, 0.25) is 0 Å². The lowest BCUT2D eigenvalue weighted by Crippen LogP contribution is -2.23. The van der Waals surface area contributed by atoms with E-state index >= 15 is 0 Å². The Morgan fingerprint density at radius 3 is 2.78 bits per heavy atom. The Hall–Kier alpha value is -0.520. The minimum atomic E-state index is 0.399. The van der Waals surface area contributed by atoms with Crippen molar-refractivity contribution in [2.24, 2.45) is 0 Å². The van der Waals surface area contributed by atoms with Gasteiger partial charge in [-0.25, -0.2) is 0 Å². The molecule has 0 saturated carbocycles. The maximum absolute atomic E-state index is 6.23. The summed E-state index contributed by atoms with van der Waals surface area (Å²) in [5.74, 6) is 1.80. The fraction of sp³-hybridized carbons (Fsp3) is 0.286. The van der Waals surface area contributed by atoms with E-state index in [1.54, 1.807) is 0 Å². The Balaban J connectivity index is 2.24. The van der Waals surface area contributed by atoms with Gasteiger partial charge in [0, 0.05) is 21.6 Å². The summed E-state index contributed by atoms with van der Waals surface area (Å²) in [4.78, 5) is 0. The van der Waals surface area contributed by atoms with E-state index in [4.69, 9.17) is 16.0 Å². The SMILES string of the molecule is CNC(C)Cc1ccc(-c2ccc(I)cc2Cl)o1. The van der Waals surface area contributed by atoms with Crippen molar-refractivity contribution < 1.29 is 4.42 Å². The summed E-state index contributed by atoms with van der Waals surface area (Å²) < 4.78 is 6.96. The molecule has 2 nitrogen and oxygen atoms in total. The number of furan rings is 1. The molecule has 1 heterocycles. The number of halogens is 2. The number of nitrogens with one attached hydrogen (secondary N) is 1. The topological polar surface area (TPSA) is 25.2 Å². The predicted octanol–water partition coefficient (Wildman–Crippen LogP) is 4.36. The second-order valence-corrected chi connectivity index (χ2v) is 5.94. The molecular formula is C14H15ClINO. The Bertz CT molecular complexity index is 538. The molecule has 1 N–H and O–H groups in total. The summed E-state index contributed by atoms with van der Waals surface area (Å²) in [5.41, 5.74) is 0.945. The van der Waals surface area contributed by atoms with E-state index < -0.39 is 0 Å². The molecule has 4 heteroatoms. The van der Waals surface area contributed by atoms with Gasteiger partial charge in [0.15, 0.2) is 0 Å². The summed E-state index contributed by atoms with van der Waals surface area (Å²) >= 11 is 8.47. The number of likely N-dealkylation sites (N-methyl/N-ethyl adjacent to an activating group) is 1. The summed E-state index contributed by atoms with van der Waals surface area (Å²) in [7, 11) is 1.95.